The highest BCUT2D eigenvalue weighted by atomic mass is 16.5. The van der Waals surface area contributed by atoms with Crippen LogP contribution in [0.3, 0.4) is 0 Å². The number of esters is 1. The Labute approximate surface area is 146 Å². The second-order valence-corrected chi connectivity index (χ2v) is 6.47. The number of aryl methyl sites for hydroxylation is 1. The van der Waals surface area contributed by atoms with Gasteiger partial charge in [-0.15, -0.1) is 0 Å². The number of ether oxygens (including phenoxy) is 1. The molecule has 0 N–H and O–H groups in total. The molecule has 1 saturated carbocycles. The summed E-state index contributed by atoms with van der Waals surface area (Å²) in [6.45, 7) is 4.11. The molecular formula is C20H20N2O3. The third-order valence-corrected chi connectivity index (χ3v) is 4.54. The minimum Gasteiger partial charge on any atom is -0.455 e. The first-order valence-electron chi connectivity index (χ1n) is 8.49. The standard InChI is InChI=1S/C20H20N2O3/c1-13-10-18(14(2)22(13)17-8-9-17)20(23)25-12-16-11-24-19(21-16)15-6-4-3-5-7-15/h3-7,10-11,17H,8-9,12H2,1-2H3. The lowest BCUT2D eigenvalue weighted by Crippen LogP contribution is -2.07. The van der Waals surface area contributed by atoms with E-state index in [1.165, 1.54) is 19.1 Å². The Balaban J connectivity index is 1.44. The summed E-state index contributed by atoms with van der Waals surface area (Å²) in [5, 5.41) is 0. The number of aromatic nitrogens is 2. The summed E-state index contributed by atoms with van der Waals surface area (Å²) in [6, 6.07) is 12.1. The Morgan fingerprint density at radius 2 is 2.04 bits per heavy atom. The first-order chi connectivity index (χ1) is 12.1. The fourth-order valence-corrected chi connectivity index (χ4v) is 3.18. The number of benzene rings is 1. The molecule has 0 atom stereocenters. The minimum absolute atomic E-state index is 0.0995. The van der Waals surface area contributed by atoms with Gasteiger partial charge in [0, 0.05) is 23.0 Å². The Hall–Kier alpha value is -2.82. The molecule has 0 amide bonds. The zero-order valence-corrected chi connectivity index (χ0v) is 14.4. The van der Waals surface area contributed by atoms with Crippen molar-refractivity contribution < 1.29 is 13.9 Å². The van der Waals surface area contributed by atoms with E-state index < -0.39 is 0 Å². The van der Waals surface area contributed by atoms with Crippen LogP contribution in [0.5, 0.6) is 0 Å². The lowest BCUT2D eigenvalue weighted by atomic mass is 10.2. The van der Waals surface area contributed by atoms with E-state index in [1.54, 1.807) is 0 Å². The quantitative estimate of drug-likeness (QED) is 0.646. The maximum absolute atomic E-state index is 12.4. The van der Waals surface area contributed by atoms with E-state index in [1.807, 2.05) is 50.2 Å². The predicted molar refractivity (Wildman–Crippen MR) is 93.2 cm³/mol. The number of nitrogens with zero attached hydrogens (tertiary/aromatic N) is 2. The van der Waals surface area contributed by atoms with Crippen LogP contribution in [0.2, 0.25) is 0 Å². The van der Waals surface area contributed by atoms with E-state index in [2.05, 4.69) is 9.55 Å². The molecule has 0 radical (unpaired) electrons. The number of carbonyl (C=O) groups excluding carboxylic acids is 1. The van der Waals surface area contributed by atoms with Crippen molar-refractivity contribution in [3.05, 3.63) is 65.3 Å². The molecule has 0 spiro atoms. The van der Waals surface area contributed by atoms with Crippen molar-refractivity contribution in [1.82, 2.24) is 9.55 Å². The first-order valence-corrected chi connectivity index (χ1v) is 8.49. The summed E-state index contributed by atoms with van der Waals surface area (Å²) in [7, 11) is 0. The van der Waals surface area contributed by atoms with E-state index in [0.29, 0.717) is 23.2 Å². The van der Waals surface area contributed by atoms with Gasteiger partial charge < -0.3 is 13.7 Å². The van der Waals surface area contributed by atoms with Gasteiger partial charge in [0.1, 0.15) is 18.6 Å². The molecule has 1 aromatic carbocycles. The van der Waals surface area contributed by atoms with Gasteiger partial charge in [-0.2, -0.15) is 0 Å². The van der Waals surface area contributed by atoms with Crippen LogP contribution < -0.4 is 0 Å². The van der Waals surface area contributed by atoms with Crippen molar-refractivity contribution in [3.63, 3.8) is 0 Å². The van der Waals surface area contributed by atoms with Crippen LogP contribution >= 0.6 is 0 Å². The highest BCUT2D eigenvalue weighted by Gasteiger charge is 2.28. The molecule has 25 heavy (non-hydrogen) atoms. The van der Waals surface area contributed by atoms with E-state index in [4.69, 9.17) is 9.15 Å². The number of rotatable bonds is 5. The van der Waals surface area contributed by atoms with Crippen molar-refractivity contribution in [3.8, 4) is 11.5 Å². The minimum atomic E-state index is -0.315. The largest absolute Gasteiger partial charge is 0.455 e. The molecule has 0 saturated heterocycles. The van der Waals surface area contributed by atoms with Gasteiger partial charge in [0.25, 0.3) is 0 Å². The number of hydrogen-bond acceptors (Lipinski definition) is 4. The summed E-state index contributed by atoms with van der Waals surface area (Å²) >= 11 is 0. The molecule has 2 aromatic heterocycles. The van der Waals surface area contributed by atoms with Gasteiger partial charge in [-0.1, -0.05) is 18.2 Å². The molecule has 5 heteroatoms. The Kier molecular flexibility index (Phi) is 3.92. The smallest absolute Gasteiger partial charge is 0.340 e. The summed E-state index contributed by atoms with van der Waals surface area (Å²) in [6.07, 6.45) is 3.90. The van der Waals surface area contributed by atoms with Crippen LogP contribution in [0, 0.1) is 13.8 Å². The summed E-state index contributed by atoms with van der Waals surface area (Å²) in [5.74, 6) is 0.211. The molecule has 128 valence electrons. The van der Waals surface area contributed by atoms with E-state index in [9.17, 15) is 4.79 Å². The number of hydrogen-bond donors (Lipinski definition) is 0. The predicted octanol–water partition coefficient (Wildman–Crippen LogP) is 4.45. The lowest BCUT2D eigenvalue weighted by molar-refractivity contribution is 0.0467. The highest BCUT2D eigenvalue weighted by Crippen LogP contribution is 2.38. The van der Waals surface area contributed by atoms with Gasteiger partial charge in [0.2, 0.25) is 5.89 Å². The third-order valence-electron chi connectivity index (χ3n) is 4.54. The molecule has 4 rings (SSSR count). The van der Waals surface area contributed by atoms with Gasteiger partial charge >= 0.3 is 5.97 Å². The molecule has 1 aliphatic carbocycles. The zero-order valence-electron chi connectivity index (χ0n) is 14.4. The van der Waals surface area contributed by atoms with Crippen molar-refractivity contribution in [2.45, 2.75) is 39.3 Å². The summed E-state index contributed by atoms with van der Waals surface area (Å²) < 4.78 is 13.1. The third kappa shape index (κ3) is 3.09. The molecule has 1 fully saturated rings. The number of oxazole rings is 1. The fourth-order valence-electron chi connectivity index (χ4n) is 3.18. The van der Waals surface area contributed by atoms with E-state index in [0.717, 1.165) is 17.0 Å². The van der Waals surface area contributed by atoms with Crippen LogP contribution in [-0.2, 0) is 11.3 Å². The molecule has 5 nitrogen and oxygen atoms in total. The summed E-state index contributed by atoms with van der Waals surface area (Å²) in [4.78, 5) is 16.8. The molecular weight excluding hydrogens is 316 g/mol. The van der Waals surface area contributed by atoms with Crippen LogP contribution in [-0.4, -0.2) is 15.5 Å². The maximum Gasteiger partial charge on any atom is 0.340 e. The number of carbonyl (C=O) groups is 1. The van der Waals surface area contributed by atoms with Gasteiger partial charge in [0.05, 0.1) is 5.56 Å². The van der Waals surface area contributed by atoms with Crippen LogP contribution in [0.4, 0.5) is 0 Å². The monoisotopic (exact) mass is 336 g/mol. The van der Waals surface area contributed by atoms with Crippen molar-refractivity contribution in [2.75, 3.05) is 0 Å². The van der Waals surface area contributed by atoms with Crippen molar-refractivity contribution in [2.24, 2.45) is 0 Å². The van der Waals surface area contributed by atoms with Crippen LogP contribution in [0.1, 0.15) is 46.3 Å². The van der Waals surface area contributed by atoms with Crippen LogP contribution in [0.25, 0.3) is 11.5 Å². The zero-order chi connectivity index (χ0) is 17.4. The van der Waals surface area contributed by atoms with Gasteiger partial charge in [-0.25, -0.2) is 9.78 Å². The van der Waals surface area contributed by atoms with Crippen LogP contribution in [0.15, 0.2) is 47.1 Å². The fraction of sp³-hybridized carbons (Fsp3) is 0.300. The SMILES string of the molecule is Cc1cc(C(=O)OCc2coc(-c3ccccc3)n2)c(C)n1C1CC1. The van der Waals surface area contributed by atoms with Gasteiger partial charge in [-0.3, -0.25) is 0 Å². The average molecular weight is 336 g/mol. The maximum atomic E-state index is 12.4. The molecule has 0 unspecified atom stereocenters. The van der Waals surface area contributed by atoms with Gasteiger partial charge in [-0.05, 0) is 44.9 Å². The Morgan fingerprint density at radius 1 is 1.28 bits per heavy atom. The first kappa shape index (κ1) is 15.7. The molecule has 0 aliphatic heterocycles. The van der Waals surface area contributed by atoms with E-state index in [-0.39, 0.29) is 12.6 Å². The normalized spacial score (nSPS) is 13.8. The Bertz CT molecular complexity index is 904. The van der Waals surface area contributed by atoms with Gasteiger partial charge in [0.15, 0.2) is 0 Å². The second-order valence-electron chi connectivity index (χ2n) is 6.47. The van der Waals surface area contributed by atoms with Crippen molar-refractivity contribution >= 4 is 5.97 Å². The molecule has 0 bridgehead atoms. The molecule has 2 heterocycles. The Morgan fingerprint density at radius 3 is 2.76 bits per heavy atom. The average Bonchev–Trinajstić information content (AvgIpc) is 3.25. The van der Waals surface area contributed by atoms with E-state index >= 15 is 0 Å². The lowest BCUT2D eigenvalue weighted by Gasteiger charge is -2.07. The topological polar surface area (TPSA) is 57.3 Å². The summed E-state index contributed by atoms with van der Waals surface area (Å²) in [5.41, 5.74) is 4.22. The molecule has 1 aliphatic rings. The molecule has 3 aromatic rings. The van der Waals surface area contributed by atoms with Crippen molar-refractivity contribution in [1.29, 1.82) is 0 Å². The highest BCUT2D eigenvalue weighted by molar-refractivity contribution is 5.91. The second kappa shape index (κ2) is 6.24.